The van der Waals surface area contributed by atoms with E-state index in [0.717, 1.165) is 4.47 Å². The Balaban J connectivity index is 1.60. The first-order valence-electron chi connectivity index (χ1n) is 9.88. The Labute approximate surface area is 209 Å². The molecule has 0 aliphatic heterocycles. The highest BCUT2D eigenvalue weighted by Gasteiger charge is 2.13. The third kappa shape index (κ3) is 6.90. The maximum atomic E-state index is 12.5. The molecule has 0 aliphatic rings. The van der Waals surface area contributed by atoms with E-state index in [-0.39, 0.29) is 22.9 Å². The second-order valence-electron chi connectivity index (χ2n) is 6.76. The molecule has 0 bridgehead atoms. The summed E-state index contributed by atoms with van der Waals surface area (Å²) in [7, 11) is 1.53. The van der Waals surface area contributed by atoms with Gasteiger partial charge in [-0.2, -0.15) is 5.10 Å². The number of ether oxygens (including phenoxy) is 2. The normalized spacial score (nSPS) is 10.6. The van der Waals surface area contributed by atoms with E-state index < -0.39 is 17.8 Å². The molecule has 174 valence electrons. The van der Waals surface area contributed by atoms with Gasteiger partial charge in [-0.25, -0.2) is 10.2 Å². The third-order valence-corrected chi connectivity index (χ3v) is 5.24. The van der Waals surface area contributed by atoms with Crippen LogP contribution in [-0.4, -0.2) is 37.7 Å². The fourth-order valence-corrected chi connectivity index (χ4v) is 3.31. The molecule has 0 aliphatic carbocycles. The van der Waals surface area contributed by atoms with Gasteiger partial charge in [0.05, 0.1) is 36.0 Å². The smallest absolute Gasteiger partial charge is 0.343 e. The number of esters is 1. The molecule has 8 nitrogen and oxygen atoms in total. The van der Waals surface area contributed by atoms with Crippen LogP contribution in [0.15, 0.2) is 76.3 Å². The van der Waals surface area contributed by atoms with Crippen LogP contribution in [0.5, 0.6) is 11.5 Å². The van der Waals surface area contributed by atoms with Gasteiger partial charge in [0.2, 0.25) is 0 Å². The van der Waals surface area contributed by atoms with Gasteiger partial charge in [-0.05, 0) is 54.6 Å². The van der Waals surface area contributed by atoms with Crippen molar-refractivity contribution in [2.24, 2.45) is 5.10 Å². The molecule has 0 saturated heterocycles. The number of hydrazone groups is 1. The highest BCUT2D eigenvalue weighted by Crippen LogP contribution is 2.23. The molecule has 2 N–H and O–H groups in total. The quantitative estimate of drug-likeness (QED) is 0.191. The van der Waals surface area contributed by atoms with Crippen molar-refractivity contribution in [2.75, 3.05) is 13.7 Å². The molecule has 0 unspecified atom stereocenters. The van der Waals surface area contributed by atoms with Gasteiger partial charge in [-0.3, -0.25) is 9.59 Å². The lowest BCUT2D eigenvalue weighted by Crippen LogP contribution is -2.35. The van der Waals surface area contributed by atoms with Crippen molar-refractivity contribution >= 4 is 51.5 Å². The van der Waals surface area contributed by atoms with Gasteiger partial charge in [-0.15, -0.1) is 0 Å². The van der Waals surface area contributed by atoms with Crippen LogP contribution in [0.4, 0.5) is 0 Å². The van der Waals surface area contributed by atoms with Gasteiger partial charge in [0.25, 0.3) is 11.8 Å². The van der Waals surface area contributed by atoms with Crippen LogP contribution in [0.1, 0.15) is 26.3 Å². The first-order chi connectivity index (χ1) is 16.4. The first-order valence-corrected chi connectivity index (χ1v) is 11.0. The van der Waals surface area contributed by atoms with Crippen molar-refractivity contribution in [3.8, 4) is 11.5 Å². The zero-order valence-corrected chi connectivity index (χ0v) is 20.2. The summed E-state index contributed by atoms with van der Waals surface area (Å²) in [6, 6.07) is 18.0. The average molecular weight is 545 g/mol. The molecule has 3 rings (SSSR count). The van der Waals surface area contributed by atoms with E-state index >= 15 is 0 Å². The lowest BCUT2D eigenvalue weighted by molar-refractivity contribution is -0.120. The zero-order chi connectivity index (χ0) is 24.5. The second kappa shape index (κ2) is 12.0. The van der Waals surface area contributed by atoms with Crippen LogP contribution in [0, 0.1) is 0 Å². The molecular formula is C24H19BrClN3O5. The standard InChI is InChI=1S/C24H19BrClN3O5/c1-33-18-9-6-15(7-10-18)24(32)34-21-11-8-17(25)12-16(21)13-28-29-22(30)14-27-23(31)19-4-2-3-5-20(19)26/h2-13H,14H2,1H3,(H,27,31)(H,29,30)/b28-13-. The molecule has 0 saturated carbocycles. The van der Waals surface area contributed by atoms with Crippen molar-refractivity contribution in [3.05, 3.63) is 92.9 Å². The van der Waals surface area contributed by atoms with Crippen LogP contribution in [-0.2, 0) is 4.79 Å². The lowest BCUT2D eigenvalue weighted by Gasteiger charge is -2.09. The van der Waals surface area contributed by atoms with Crippen molar-refractivity contribution in [2.45, 2.75) is 0 Å². The van der Waals surface area contributed by atoms with Crippen molar-refractivity contribution in [1.29, 1.82) is 0 Å². The van der Waals surface area contributed by atoms with Crippen LogP contribution in [0.25, 0.3) is 0 Å². The number of hydrogen-bond acceptors (Lipinski definition) is 6. The lowest BCUT2D eigenvalue weighted by atomic mass is 10.2. The number of methoxy groups -OCH3 is 1. The van der Waals surface area contributed by atoms with Gasteiger partial charge in [0.15, 0.2) is 0 Å². The summed E-state index contributed by atoms with van der Waals surface area (Å²) < 4.78 is 11.3. The molecule has 0 atom stereocenters. The molecule has 3 aromatic carbocycles. The minimum atomic E-state index is -0.564. The largest absolute Gasteiger partial charge is 0.497 e. The van der Waals surface area contributed by atoms with E-state index in [1.165, 1.54) is 13.3 Å². The van der Waals surface area contributed by atoms with E-state index in [1.54, 1.807) is 66.7 Å². The summed E-state index contributed by atoms with van der Waals surface area (Å²) >= 11 is 9.32. The number of halogens is 2. The fourth-order valence-electron chi connectivity index (χ4n) is 2.71. The van der Waals surface area contributed by atoms with E-state index in [2.05, 4.69) is 31.8 Å². The molecule has 0 aromatic heterocycles. The van der Waals surface area contributed by atoms with Crippen LogP contribution >= 0.6 is 27.5 Å². The van der Waals surface area contributed by atoms with E-state index in [0.29, 0.717) is 16.9 Å². The predicted molar refractivity (Wildman–Crippen MR) is 132 cm³/mol. The Hall–Kier alpha value is -3.69. The molecule has 0 heterocycles. The predicted octanol–water partition coefficient (Wildman–Crippen LogP) is 4.21. The van der Waals surface area contributed by atoms with Gasteiger partial charge in [0, 0.05) is 10.0 Å². The maximum absolute atomic E-state index is 12.5. The minimum absolute atomic E-state index is 0.244. The summed E-state index contributed by atoms with van der Waals surface area (Å²) in [5.41, 5.74) is 3.36. The zero-order valence-electron chi connectivity index (χ0n) is 17.9. The third-order valence-electron chi connectivity index (χ3n) is 4.42. The maximum Gasteiger partial charge on any atom is 0.343 e. The van der Waals surface area contributed by atoms with Gasteiger partial charge >= 0.3 is 5.97 Å². The van der Waals surface area contributed by atoms with Gasteiger partial charge < -0.3 is 14.8 Å². The number of rotatable bonds is 8. The van der Waals surface area contributed by atoms with E-state index in [4.69, 9.17) is 21.1 Å². The summed E-state index contributed by atoms with van der Waals surface area (Å²) in [6.07, 6.45) is 1.33. The average Bonchev–Trinajstić information content (AvgIpc) is 2.84. The monoisotopic (exact) mass is 543 g/mol. The van der Waals surface area contributed by atoms with Crippen molar-refractivity contribution in [3.63, 3.8) is 0 Å². The molecule has 34 heavy (non-hydrogen) atoms. The first kappa shape index (κ1) is 24.9. The second-order valence-corrected chi connectivity index (χ2v) is 8.08. The van der Waals surface area contributed by atoms with Crippen molar-refractivity contribution < 1.29 is 23.9 Å². The number of nitrogens with one attached hydrogen (secondary N) is 2. The Bertz CT molecular complexity index is 1230. The highest BCUT2D eigenvalue weighted by atomic mass is 79.9. The van der Waals surface area contributed by atoms with Crippen LogP contribution < -0.4 is 20.2 Å². The number of benzene rings is 3. The molecular weight excluding hydrogens is 526 g/mol. The van der Waals surface area contributed by atoms with Crippen molar-refractivity contribution in [1.82, 2.24) is 10.7 Å². The van der Waals surface area contributed by atoms with E-state index in [1.807, 2.05) is 0 Å². The van der Waals surface area contributed by atoms with E-state index in [9.17, 15) is 14.4 Å². The molecule has 0 radical (unpaired) electrons. The fraction of sp³-hybridized carbons (Fsp3) is 0.0833. The Morgan fingerprint density at radius 3 is 2.50 bits per heavy atom. The summed E-state index contributed by atoms with van der Waals surface area (Å²) in [5, 5.41) is 6.63. The Kier molecular flexibility index (Phi) is 8.78. The summed E-state index contributed by atoms with van der Waals surface area (Å²) in [6.45, 7) is -0.306. The number of carbonyl (C=O) groups is 3. The van der Waals surface area contributed by atoms with Crippen LogP contribution in [0.3, 0.4) is 0 Å². The molecule has 0 spiro atoms. The number of nitrogens with zero attached hydrogens (tertiary/aromatic N) is 1. The summed E-state index contributed by atoms with van der Waals surface area (Å²) in [5.74, 6) is -0.736. The number of hydrogen-bond donors (Lipinski definition) is 2. The summed E-state index contributed by atoms with van der Waals surface area (Å²) in [4.78, 5) is 36.7. The molecule has 3 aromatic rings. The topological polar surface area (TPSA) is 106 Å². The SMILES string of the molecule is COc1ccc(C(=O)Oc2ccc(Br)cc2/C=N\NC(=O)CNC(=O)c2ccccc2Cl)cc1. The molecule has 0 fully saturated rings. The molecule has 10 heteroatoms. The van der Waals surface area contributed by atoms with Crippen LogP contribution in [0.2, 0.25) is 5.02 Å². The Morgan fingerprint density at radius 2 is 1.79 bits per heavy atom. The number of amides is 2. The highest BCUT2D eigenvalue weighted by molar-refractivity contribution is 9.10. The number of carbonyl (C=O) groups excluding carboxylic acids is 3. The minimum Gasteiger partial charge on any atom is -0.497 e. The Morgan fingerprint density at radius 1 is 1.06 bits per heavy atom. The van der Waals surface area contributed by atoms with Gasteiger partial charge in [0.1, 0.15) is 11.5 Å². The van der Waals surface area contributed by atoms with Gasteiger partial charge in [-0.1, -0.05) is 39.7 Å². The molecule has 2 amide bonds.